The molecule has 23 heteroatoms. The molecular formula is C43H40Cl4F4N4O9S2. The Hall–Kier alpha value is -4.79. The van der Waals surface area contributed by atoms with Crippen LogP contribution < -0.4 is 9.80 Å². The Morgan fingerprint density at radius 2 is 1.05 bits per heavy atom. The fourth-order valence-corrected chi connectivity index (χ4v) is 12.0. The van der Waals surface area contributed by atoms with E-state index in [0.29, 0.717) is 20.9 Å². The maximum atomic E-state index is 14.0. The monoisotopic (exact) mass is 1040 g/mol. The number of anilines is 2. The number of sulfone groups is 2. The maximum Gasteiger partial charge on any atom is 0.316 e. The van der Waals surface area contributed by atoms with Crippen LogP contribution in [0.2, 0.25) is 20.1 Å². The van der Waals surface area contributed by atoms with E-state index in [0.717, 1.165) is 14.1 Å². The molecule has 0 aliphatic carbocycles. The zero-order valence-electron chi connectivity index (χ0n) is 36.3. The average Bonchev–Trinajstić information content (AvgIpc) is 3.23. The van der Waals surface area contributed by atoms with Crippen LogP contribution in [0.1, 0.15) is 82.1 Å². The molecule has 2 aliphatic heterocycles. The van der Waals surface area contributed by atoms with E-state index in [9.17, 15) is 53.9 Å². The number of esters is 1. The van der Waals surface area contributed by atoms with Crippen molar-refractivity contribution in [3.8, 4) is 0 Å². The highest BCUT2D eigenvalue weighted by atomic mass is 35.5. The van der Waals surface area contributed by atoms with Crippen LogP contribution in [0.15, 0.2) is 60.9 Å². The molecule has 2 aromatic heterocycles. The third kappa shape index (κ3) is 8.77. The molecule has 2 aromatic carbocycles. The summed E-state index contributed by atoms with van der Waals surface area (Å²) in [4.78, 5) is 45.1. The Bertz CT molecular complexity index is 3000. The van der Waals surface area contributed by atoms with E-state index in [2.05, 4.69) is 9.97 Å². The van der Waals surface area contributed by atoms with Crippen LogP contribution in [0.3, 0.4) is 0 Å². The number of alkyl halides is 4. The smallest absolute Gasteiger partial charge is 0.316 e. The Kier molecular flexibility index (Phi) is 14.5. The van der Waals surface area contributed by atoms with Crippen LogP contribution in [0.5, 0.6) is 0 Å². The van der Waals surface area contributed by atoms with E-state index in [1.54, 1.807) is 39.0 Å². The molecule has 0 bridgehead atoms. The fourth-order valence-electron chi connectivity index (χ4n) is 6.86. The first-order chi connectivity index (χ1) is 30.3. The SMILES string of the molecule is CN(C(=O)C(F)F)c1c(Cl)ccc(C2=C(O)c3ncccc3C(C)(C)S2(=O)=O)c1Cl.CN(C(=O)C(F)F)c1c(Cl)ccc(C2=C(OC(=O)C(C)(C)C)c3ncccc3C(C)(C)S2(=O)=O)c1Cl. The number of pyridine rings is 2. The predicted octanol–water partition coefficient (Wildman–Crippen LogP) is 10.4. The van der Waals surface area contributed by atoms with Crippen molar-refractivity contribution in [2.75, 3.05) is 23.9 Å². The molecule has 2 amide bonds. The first-order valence-electron chi connectivity index (χ1n) is 19.2. The minimum Gasteiger partial charge on any atom is -0.504 e. The largest absolute Gasteiger partial charge is 0.504 e. The lowest BCUT2D eigenvalue weighted by atomic mass is 9.96. The van der Waals surface area contributed by atoms with E-state index in [-0.39, 0.29) is 54.7 Å². The molecule has 0 saturated heterocycles. The van der Waals surface area contributed by atoms with E-state index in [1.165, 1.54) is 70.4 Å². The van der Waals surface area contributed by atoms with Gasteiger partial charge in [0.2, 0.25) is 0 Å². The zero-order valence-corrected chi connectivity index (χ0v) is 40.9. The Morgan fingerprint density at radius 3 is 1.45 bits per heavy atom. The normalized spacial score (nSPS) is 16.8. The molecule has 0 radical (unpaired) electrons. The molecule has 4 aromatic rings. The van der Waals surface area contributed by atoms with Crippen molar-refractivity contribution in [2.24, 2.45) is 5.41 Å². The summed E-state index contributed by atoms with van der Waals surface area (Å²) in [7, 11) is -6.49. The quantitative estimate of drug-likeness (QED) is 0.137. The molecule has 1 N–H and O–H groups in total. The van der Waals surface area contributed by atoms with E-state index in [4.69, 9.17) is 51.1 Å². The van der Waals surface area contributed by atoms with Crippen molar-refractivity contribution in [2.45, 2.75) is 70.8 Å². The third-order valence-corrected chi connectivity index (χ3v) is 17.2. The summed E-state index contributed by atoms with van der Waals surface area (Å²) in [5.74, 6) is -4.90. The minimum atomic E-state index is -4.34. The van der Waals surface area contributed by atoms with Crippen molar-refractivity contribution < 1.29 is 58.6 Å². The topological polar surface area (TPSA) is 181 Å². The van der Waals surface area contributed by atoms with Gasteiger partial charge in [0.15, 0.2) is 31.2 Å². The van der Waals surface area contributed by atoms with Gasteiger partial charge in [-0.1, -0.05) is 70.7 Å². The Balaban J connectivity index is 0.000000251. The van der Waals surface area contributed by atoms with Crippen LogP contribution in [-0.2, 0) is 48.3 Å². The third-order valence-electron chi connectivity index (χ3n) is 10.8. The van der Waals surface area contributed by atoms with Crippen molar-refractivity contribution >= 4 is 117 Å². The van der Waals surface area contributed by atoms with Gasteiger partial charge in [-0.05, 0) is 72.7 Å². The lowest BCUT2D eigenvalue weighted by Crippen LogP contribution is -2.36. The summed E-state index contributed by atoms with van der Waals surface area (Å²) in [5, 5.41) is 9.73. The van der Waals surface area contributed by atoms with Gasteiger partial charge in [0.25, 0.3) is 11.8 Å². The summed E-state index contributed by atoms with van der Waals surface area (Å²) in [6.45, 7) is 10.6. The van der Waals surface area contributed by atoms with Gasteiger partial charge in [-0.15, -0.1) is 0 Å². The van der Waals surface area contributed by atoms with Crippen molar-refractivity contribution in [1.82, 2.24) is 9.97 Å². The lowest BCUT2D eigenvalue weighted by Gasteiger charge is -2.35. The summed E-state index contributed by atoms with van der Waals surface area (Å²) in [6.07, 6.45) is -3.88. The molecule has 0 saturated carbocycles. The number of amides is 2. The Labute approximate surface area is 397 Å². The number of aliphatic hydroxyl groups excluding tert-OH is 1. The molecule has 0 fully saturated rings. The van der Waals surface area contributed by atoms with Crippen molar-refractivity contribution in [3.05, 3.63) is 115 Å². The van der Waals surface area contributed by atoms with Crippen molar-refractivity contribution in [3.63, 3.8) is 0 Å². The maximum absolute atomic E-state index is 14.0. The van der Waals surface area contributed by atoms with Crippen LogP contribution in [-0.4, -0.2) is 76.6 Å². The molecule has 0 spiro atoms. The van der Waals surface area contributed by atoms with Gasteiger partial charge >= 0.3 is 18.8 Å². The molecule has 66 heavy (non-hydrogen) atoms. The number of hydrogen-bond acceptors (Lipinski definition) is 11. The number of rotatable bonds is 7. The second-order valence-corrected chi connectivity index (χ2v) is 23.2. The number of hydrogen-bond donors (Lipinski definition) is 1. The van der Waals surface area contributed by atoms with Gasteiger partial charge < -0.3 is 19.6 Å². The number of aliphatic hydroxyl groups is 1. The summed E-state index contributed by atoms with van der Waals surface area (Å²) in [5.41, 5.74) is -1.27. The summed E-state index contributed by atoms with van der Waals surface area (Å²) < 4.78 is 110. The van der Waals surface area contributed by atoms with Gasteiger partial charge in [-0.25, -0.2) is 16.8 Å². The van der Waals surface area contributed by atoms with Crippen LogP contribution >= 0.6 is 46.4 Å². The summed E-state index contributed by atoms with van der Waals surface area (Å²) >= 11 is 25.1. The highest BCUT2D eigenvalue weighted by Gasteiger charge is 2.51. The van der Waals surface area contributed by atoms with E-state index >= 15 is 0 Å². The highest BCUT2D eigenvalue weighted by molar-refractivity contribution is 8.02. The molecule has 0 atom stereocenters. The standard InChI is InChI=1S/C24H24Cl2F2N2O5S.C19H16Cl2F2N2O4S/c1-23(2,3)22(32)35-18-16-13(8-7-11-29-16)24(4,5)36(33,34)19(18)12-9-10-14(25)17(15(12)26)30(6)21(31)20(27)28;1-19(2)10-5-4-8-24-13(10)15(26)16(30(19,28)29)9-6-7-11(20)14(12(9)21)25(3)18(27)17(22)23/h7-11,20H,1-6H3;4-8,17,26H,1-3H3. The number of carbonyl (C=O) groups excluding carboxylic acids is 3. The summed E-state index contributed by atoms with van der Waals surface area (Å²) in [6, 6.07) is 11.1. The van der Waals surface area contributed by atoms with Crippen LogP contribution in [0.4, 0.5) is 28.9 Å². The molecular weight excluding hydrogens is 998 g/mol. The zero-order chi connectivity index (χ0) is 50.0. The average molecular weight is 1040 g/mol. The highest BCUT2D eigenvalue weighted by Crippen LogP contribution is 2.53. The second-order valence-electron chi connectivity index (χ2n) is 16.7. The number of benzene rings is 2. The molecule has 4 heterocycles. The molecule has 0 unspecified atom stereocenters. The number of fused-ring (bicyclic) bond motifs is 2. The molecule has 2 aliphatic rings. The first kappa shape index (κ1) is 52.2. The molecule has 6 rings (SSSR count). The van der Waals surface area contributed by atoms with Gasteiger partial charge in [0, 0.05) is 48.7 Å². The Morgan fingerprint density at radius 1 is 0.667 bits per heavy atom. The molecule has 354 valence electrons. The number of aromatic nitrogens is 2. The number of ether oxygens (including phenoxy) is 1. The fraction of sp³-hybridized carbons (Fsp3) is 0.326. The number of nitrogens with zero attached hydrogens (tertiary/aromatic N) is 4. The lowest BCUT2D eigenvalue weighted by molar-refractivity contribution is -0.145. The minimum absolute atomic E-state index is 0.0527. The number of halogens is 8. The van der Waals surface area contributed by atoms with Gasteiger partial charge in [-0.3, -0.25) is 24.4 Å². The first-order valence-corrected chi connectivity index (χ1v) is 23.6. The second kappa shape index (κ2) is 18.4. The van der Waals surface area contributed by atoms with Gasteiger partial charge in [0.05, 0.1) is 46.4 Å². The van der Waals surface area contributed by atoms with Crippen LogP contribution in [0.25, 0.3) is 21.3 Å². The van der Waals surface area contributed by atoms with Gasteiger partial charge in [-0.2, -0.15) is 17.6 Å². The van der Waals surface area contributed by atoms with E-state index < -0.39 is 85.8 Å². The van der Waals surface area contributed by atoms with Crippen LogP contribution in [0, 0.1) is 5.41 Å². The number of carbonyl (C=O) groups is 3. The van der Waals surface area contributed by atoms with Gasteiger partial charge in [0.1, 0.15) is 21.2 Å². The van der Waals surface area contributed by atoms with Crippen molar-refractivity contribution in [1.29, 1.82) is 0 Å². The van der Waals surface area contributed by atoms with E-state index in [1.807, 2.05) is 0 Å². The molecule has 13 nitrogen and oxygen atoms in total. The predicted molar refractivity (Wildman–Crippen MR) is 246 cm³/mol.